The van der Waals surface area contributed by atoms with Crippen molar-refractivity contribution in [2.24, 2.45) is 5.92 Å². The molecule has 0 aliphatic heterocycles. The smallest absolute Gasteiger partial charge is 0.147 e. The van der Waals surface area contributed by atoms with E-state index in [1.807, 2.05) is 0 Å². The van der Waals surface area contributed by atoms with Crippen molar-refractivity contribution in [1.82, 2.24) is 0 Å². The molecule has 0 spiro atoms. The Morgan fingerprint density at radius 2 is 1.33 bits per heavy atom. The Kier molecular flexibility index (Phi) is 9.03. The predicted molar refractivity (Wildman–Crippen MR) is 133 cm³/mol. The van der Waals surface area contributed by atoms with Crippen molar-refractivity contribution in [1.29, 1.82) is 0 Å². The number of hydrogen-bond donors (Lipinski definition) is 0. The minimum Gasteiger partial charge on any atom is -0.147 e. The first kappa shape index (κ1) is 25.0. The van der Waals surface area contributed by atoms with E-state index in [-0.39, 0.29) is 24.8 Å². The third-order valence-electron chi connectivity index (χ3n) is 6.38. The van der Waals surface area contributed by atoms with Crippen molar-refractivity contribution < 1.29 is 21.0 Å². The number of hydrogen-bond acceptors (Lipinski definition) is 0. The molecule has 30 heavy (non-hydrogen) atoms. The fourth-order valence-corrected chi connectivity index (χ4v) is 17.6. The Balaban J connectivity index is 0.00000160. The van der Waals surface area contributed by atoms with Crippen LogP contribution in [0.5, 0.6) is 0 Å². The normalized spacial score (nSPS) is 17.5. The second kappa shape index (κ2) is 10.8. The van der Waals surface area contributed by atoms with Gasteiger partial charge < -0.3 is 0 Å². The molecular formula is C27H30Cl2Hf. The van der Waals surface area contributed by atoms with E-state index in [0.717, 1.165) is 6.42 Å². The summed E-state index contributed by atoms with van der Waals surface area (Å²) in [5, 5.41) is 0. The van der Waals surface area contributed by atoms with Gasteiger partial charge in [0.25, 0.3) is 0 Å². The fraction of sp³-hybridized carbons (Fsp3) is 0.222. The molecule has 2 aliphatic rings. The van der Waals surface area contributed by atoms with Crippen LogP contribution in [0.3, 0.4) is 0 Å². The largest absolute Gasteiger partial charge is 0.147 e. The molecule has 0 fully saturated rings. The van der Waals surface area contributed by atoms with E-state index in [9.17, 15) is 0 Å². The molecule has 3 heteroatoms. The van der Waals surface area contributed by atoms with Gasteiger partial charge in [-0.2, -0.15) is 0 Å². The molecule has 2 aliphatic carbocycles. The van der Waals surface area contributed by atoms with Crippen molar-refractivity contribution in [3.8, 4) is 0 Å². The van der Waals surface area contributed by atoms with Crippen LogP contribution in [0, 0.1) is 5.92 Å². The molecule has 156 valence electrons. The van der Waals surface area contributed by atoms with E-state index in [1.165, 1.54) is 16.7 Å². The van der Waals surface area contributed by atoms with Crippen LogP contribution in [-0.4, -0.2) is 3.26 Å². The topological polar surface area (TPSA) is 0 Å². The van der Waals surface area contributed by atoms with Gasteiger partial charge in [-0.15, -0.1) is 24.8 Å². The van der Waals surface area contributed by atoms with Crippen LogP contribution in [0.25, 0.3) is 0 Å². The summed E-state index contributed by atoms with van der Waals surface area (Å²) in [7, 11) is 0. The maximum absolute atomic E-state index is 2.54. The molecule has 0 heterocycles. The Hall–Kier alpha value is -1.28. The molecule has 0 aromatic heterocycles. The van der Waals surface area contributed by atoms with Gasteiger partial charge in [0.05, 0.1) is 0 Å². The molecule has 2 aromatic carbocycles. The van der Waals surface area contributed by atoms with Gasteiger partial charge in [-0.1, -0.05) is 0 Å². The first-order valence-electron chi connectivity index (χ1n) is 10.2. The van der Waals surface area contributed by atoms with Gasteiger partial charge in [0.15, 0.2) is 0 Å². The number of benzene rings is 2. The van der Waals surface area contributed by atoms with Crippen LogP contribution >= 0.6 is 24.8 Å². The van der Waals surface area contributed by atoms with Crippen molar-refractivity contribution in [3.05, 3.63) is 113 Å². The molecule has 2 aromatic rings. The molecule has 0 radical (unpaired) electrons. The molecule has 0 nitrogen and oxygen atoms in total. The van der Waals surface area contributed by atoms with Gasteiger partial charge in [-0.05, 0) is 0 Å². The van der Waals surface area contributed by atoms with Crippen LogP contribution in [0.4, 0.5) is 0 Å². The van der Waals surface area contributed by atoms with E-state index < -0.39 is 21.0 Å². The summed E-state index contributed by atoms with van der Waals surface area (Å²) in [5.41, 5.74) is 7.50. The van der Waals surface area contributed by atoms with Gasteiger partial charge in [0.1, 0.15) is 0 Å². The van der Waals surface area contributed by atoms with Gasteiger partial charge in [-0.3, -0.25) is 0 Å². The van der Waals surface area contributed by atoms with E-state index >= 15 is 0 Å². The Morgan fingerprint density at radius 3 is 1.73 bits per heavy atom. The minimum absolute atomic E-state index is 0. The molecule has 0 N–H and O–H groups in total. The molecule has 0 amide bonds. The van der Waals surface area contributed by atoms with Crippen molar-refractivity contribution >= 4 is 28.1 Å². The Bertz CT molecular complexity index is 1010. The zero-order valence-corrected chi connectivity index (χ0v) is 23.3. The van der Waals surface area contributed by atoms with E-state index in [4.69, 9.17) is 0 Å². The monoisotopic (exact) mass is 604 g/mol. The SMILES string of the molecule is CC1=C(C)C(C)[C]([Hf]([C]2=CC=CC2)=[C](c2ccccc2)c2ccccc2)=C1C.Cl.Cl. The number of allylic oxidation sites excluding steroid dienone is 8. The summed E-state index contributed by atoms with van der Waals surface area (Å²) in [6, 6.07) is 22.3. The van der Waals surface area contributed by atoms with E-state index in [1.54, 1.807) is 21.1 Å². The molecule has 0 saturated carbocycles. The summed E-state index contributed by atoms with van der Waals surface area (Å²) in [4.78, 5) is 0. The van der Waals surface area contributed by atoms with Crippen LogP contribution in [0.15, 0.2) is 102 Å². The molecule has 4 rings (SSSR count). The number of rotatable bonds is 4. The maximum Gasteiger partial charge on any atom is -0.147 e. The summed E-state index contributed by atoms with van der Waals surface area (Å²) in [5.74, 6) is 0.575. The third kappa shape index (κ3) is 4.64. The van der Waals surface area contributed by atoms with Gasteiger partial charge in [-0.25, -0.2) is 0 Å². The Labute approximate surface area is 201 Å². The average Bonchev–Trinajstić information content (AvgIpc) is 3.33. The van der Waals surface area contributed by atoms with Crippen LogP contribution in [0.1, 0.15) is 45.2 Å². The Morgan fingerprint density at radius 1 is 0.800 bits per heavy atom. The van der Waals surface area contributed by atoms with Gasteiger partial charge in [0.2, 0.25) is 0 Å². The number of halogens is 2. The summed E-state index contributed by atoms with van der Waals surface area (Å²) < 4.78 is 5.15. The summed E-state index contributed by atoms with van der Waals surface area (Å²) in [6.45, 7) is 9.47. The zero-order valence-electron chi connectivity index (χ0n) is 18.1. The quantitative estimate of drug-likeness (QED) is 0.313. The minimum atomic E-state index is -2.54. The fourth-order valence-electron chi connectivity index (χ4n) is 4.53. The van der Waals surface area contributed by atoms with Crippen LogP contribution in [0.2, 0.25) is 0 Å². The summed E-state index contributed by atoms with van der Waals surface area (Å²) >= 11 is -2.54. The molecule has 1 unspecified atom stereocenters. The second-order valence-electron chi connectivity index (χ2n) is 7.87. The first-order valence-corrected chi connectivity index (χ1v) is 15.6. The standard InChI is InChI=1S/C13H10.C9H13.C5H5.2ClH.Hf/c1-3-7-12(8-4-1)11-13-9-5-2-6-10-13;1-6-5-7(2)9(4)8(6)3;1-2-4-5-3-1;;;/h1-10H;6H,1-4H3;1-3H,4H2;2*1H;. The molecular weight excluding hydrogens is 574 g/mol. The van der Waals surface area contributed by atoms with Crippen molar-refractivity contribution in [2.75, 3.05) is 0 Å². The average molecular weight is 604 g/mol. The maximum atomic E-state index is 2.44. The molecule has 0 bridgehead atoms. The van der Waals surface area contributed by atoms with E-state index in [2.05, 4.69) is 107 Å². The zero-order chi connectivity index (χ0) is 19.7. The predicted octanol–water partition coefficient (Wildman–Crippen LogP) is 7.82. The summed E-state index contributed by atoms with van der Waals surface area (Å²) in [6.07, 6.45) is 8.18. The van der Waals surface area contributed by atoms with Crippen molar-refractivity contribution in [2.45, 2.75) is 34.1 Å². The first-order chi connectivity index (χ1) is 13.6. The molecule has 1 atom stereocenters. The van der Waals surface area contributed by atoms with E-state index in [0.29, 0.717) is 5.92 Å². The van der Waals surface area contributed by atoms with Gasteiger partial charge in [0, 0.05) is 0 Å². The second-order valence-corrected chi connectivity index (χ2v) is 16.6. The third-order valence-corrected chi connectivity index (χ3v) is 18.7. The van der Waals surface area contributed by atoms with Gasteiger partial charge >= 0.3 is 178 Å². The van der Waals surface area contributed by atoms with Crippen LogP contribution in [-0.2, 0) is 21.0 Å². The molecule has 0 saturated heterocycles. The van der Waals surface area contributed by atoms with Crippen molar-refractivity contribution in [3.63, 3.8) is 0 Å². The van der Waals surface area contributed by atoms with Crippen LogP contribution < -0.4 is 0 Å².